The fourth-order valence-corrected chi connectivity index (χ4v) is 8.03. The molecule has 0 amide bonds. The summed E-state index contributed by atoms with van der Waals surface area (Å²) in [7, 11) is 1.87. The summed E-state index contributed by atoms with van der Waals surface area (Å²) in [6, 6.07) is 0. The van der Waals surface area contributed by atoms with Crippen molar-refractivity contribution < 1.29 is 9.47 Å². The Bertz CT molecular complexity index is 491. The first-order valence-electron chi connectivity index (χ1n) is 13.2. The second-order valence-electron chi connectivity index (χ2n) is 11.6. The average molecular weight is 405 g/mol. The number of fused-ring (bicyclic) bond motifs is 2. The third-order valence-corrected chi connectivity index (χ3v) is 9.92. The van der Waals surface area contributed by atoms with Gasteiger partial charge in [-0.2, -0.15) is 0 Å². The fraction of sp³-hybridized carbons (Fsp3) is 1.00. The smallest absolute Gasteiger partial charge is 0.0497 e. The van der Waals surface area contributed by atoms with Gasteiger partial charge in [0.05, 0.1) is 0 Å². The Labute approximate surface area is 180 Å². The van der Waals surface area contributed by atoms with Crippen molar-refractivity contribution in [3.63, 3.8) is 0 Å². The third kappa shape index (κ3) is 5.40. The third-order valence-electron chi connectivity index (χ3n) is 9.92. The maximum absolute atomic E-state index is 6.40. The quantitative estimate of drug-likeness (QED) is 0.435. The van der Waals surface area contributed by atoms with E-state index in [-0.39, 0.29) is 0 Å². The van der Waals surface area contributed by atoms with Gasteiger partial charge in [0.15, 0.2) is 0 Å². The number of hydrogen-bond acceptors (Lipinski definition) is 2. The van der Waals surface area contributed by atoms with Crippen LogP contribution in [0.25, 0.3) is 0 Å². The SMILES string of the molecule is CCC1CCC2C(COC[C@H](C)C3CCC4CC(COC)CCC4C3)CCC2C1. The van der Waals surface area contributed by atoms with E-state index in [4.69, 9.17) is 9.47 Å². The van der Waals surface area contributed by atoms with Crippen molar-refractivity contribution in [1.82, 2.24) is 0 Å². The Morgan fingerprint density at radius 3 is 2.31 bits per heavy atom. The van der Waals surface area contributed by atoms with Gasteiger partial charge < -0.3 is 9.47 Å². The molecule has 0 spiro atoms. The minimum Gasteiger partial charge on any atom is -0.384 e. The van der Waals surface area contributed by atoms with Crippen molar-refractivity contribution in [2.45, 2.75) is 90.9 Å². The molecule has 0 aromatic carbocycles. The highest BCUT2D eigenvalue weighted by Crippen LogP contribution is 2.49. The lowest BCUT2D eigenvalue weighted by atomic mass is 9.63. The molecule has 4 saturated carbocycles. The molecular weight excluding hydrogens is 356 g/mol. The first kappa shape index (κ1) is 22.1. The molecule has 4 aliphatic rings. The van der Waals surface area contributed by atoms with E-state index in [9.17, 15) is 0 Å². The summed E-state index contributed by atoms with van der Waals surface area (Å²) in [5.74, 6) is 8.39. The van der Waals surface area contributed by atoms with Crippen LogP contribution in [0, 0.1) is 53.3 Å². The zero-order chi connectivity index (χ0) is 20.2. The molecule has 0 N–H and O–H groups in total. The van der Waals surface area contributed by atoms with Crippen LogP contribution in [-0.2, 0) is 9.47 Å². The largest absolute Gasteiger partial charge is 0.384 e. The second kappa shape index (κ2) is 10.5. The summed E-state index contributed by atoms with van der Waals surface area (Å²) in [5, 5.41) is 0. The molecule has 4 aliphatic carbocycles. The van der Waals surface area contributed by atoms with Gasteiger partial charge in [-0.1, -0.05) is 26.7 Å². The highest BCUT2D eigenvalue weighted by molar-refractivity contribution is 4.90. The Morgan fingerprint density at radius 2 is 1.48 bits per heavy atom. The summed E-state index contributed by atoms with van der Waals surface area (Å²) in [6.07, 6.45) is 17.5. The Hall–Kier alpha value is -0.0800. The van der Waals surface area contributed by atoms with E-state index in [0.29, 0.717) is 0 Å². The van der Waals surface area contributed by atoms with E-state index in [2.05, 4.69) is 13.8 Å². The van der Waals surface area contributed by atoms with Gasteiger partial charge in [-0.25, -0.2) is 0 Å². The topological polar surface area (TPSA) is 18.5 Å². The van der Waals surface area contributed by atoms with Gasteiger partial charge in [-0.3, -0.25) is 0 Å². The van der Waals surface area contributed by atoms with Crippen LogP contribution in [0.1, 0.15) is 90.9 Å². The lowest BCUT2D eigenvalue weighted by Gasteiger charge is -2.43. The van der Waals surface area contributed by atoms with Gasteiger partial charge in [-0.05, 0) is 117 Å². The summed E-state index contributed by atoms with van der Waals surface area (Å²) >= 11 is 0. The minimum atomic E-state index is 0.751. The van der Waals surface area contributed by atoms with Crippen LogP contribution in [0.3, 0.4) is 0 Å². The van der Waals surface area contributed by atoms with Crippen molar-refractivity contribution in [2.24, 2.45) is 53.3 Å². The van der Waals surface area contributed by atoms with E-state index in [0.717, 1.165) is 73.1 Å². The maximum Gasteiger partial charge on any atom is 0.0497 e. The van der Waals surface area contributed by atoms with E-state index in [1.807, 2.05) is 7.11 Å². The molecule has 29 heavy (non-hydrogen) atoms. The Morgan fingerprint density at radius 1 is 0.759 bits per heavy atom. The molecule has 0 saturated heterocycles. The molecule has 0 aromatic rings. The maximum atomic E-state index is 6.40. The molecule has 4 rings (SSSR count). The minimum absolute atomic E-state index is 0.751. The van der Waals surface area contributed by atoms with E-state index >= 15 is 0 Å². The molecule has 9 atom stereocenters. The Kier molecular flexibility index (Phi) is 8.00. The van der Waals surface area contributed by atoms with Crippen LogP contribution in [0.4, 0.5) is 0 Å². The van der Waals surface area contributed by atoms with E-state index in [1.165, 1.54) is 77.0 Å². The summed E-state index contributed by atoms with van der Waals surface area (Å²) in [6.45, 7) is 7.92. The molecule has 2 heteroatoms. The molecule has 0 aliphatic heterocycles. The molecule has 168 valence electrons. The number of methoxy groups -OCH3 is 1. The highest BCUT2D eigenvalue weighted by atomic mass is 16.5. The first-order chi connectivity index (χ1) is 14.2. The molecule has 0 bridgehead atoms. The van der Waals surface area contributed by atoms with Gasteiger partial charge in [0.1, 0.15) is 0 Å². The highest BCUT2D eigenvalue weighted by Gasteiger charge is 2.40. The van der Waals surface area contributed by atoms with Crippen LogP contribution in [0.5, 0.6) is 0 Å². The van der Waals surface area contributed by atoms with Crippen molar-refractivity contribution in [2.75, 3.05) is 26.9 Å². The second-order valence-corrected chi connectivity index (χ2v) is 11.6. The van der Waals surface area contributed by atoms with Crippen LogP contribution in [0.15, 0.2) is 0 Å². The van der Waals surface area contributed by atoms with E-state index < -0.39 is 0 Å². The normalized spacial score (nSPS) is 43.6. The van der Waals surface area contributed by atoms with Crippen molar-refractivity contribution in [3.8, 4) is 0 Å². The standard InChI is InChI=1S/C27H48O2/c1-4-20-6-12-27-25(13-20)10-11-26(27)18-29-16-19(2)22-8-9-23-14-21(17-28-3)5-7-24(23)15-22/h19-27H,4-18H2,1-3H3/t19-,20?,21?,22?,23?,24?,25?,26?,27?/m0/s1. The van der Waals surface area contributed by atoms with E-state index in [1.54, 1.807) is 0 Å². The number of ether oxygens (including phenoxy) is 2. The number of hydrogen-bond donors (Lipinski definition) is 0. The number of rotatable bonds is 8. The van der Waals surface area contributed by atoms with Gasteiger partial charge in [0.25, 0.3) is 0 Å². The molecule has 0 aromatic heterocycles. The molecule has 0 radical (unpaired) electrons. The lowest BCUT2D eigenvalue weighted by Crippen LogP contribution is -2.35. The summed E-state index contributed by atoms with van der Waals surface area (Å²) < 4.78 is 11.8. The molecule has 8 unspecified atom stereocenters. The predicted octanol–water partition coefficient (Wildman–Crippen LogP) is 6.97. The fourth-order valence-electron chi connectivity index (χ4n) is 8.03. The van der Waals surface area contributed by atoms with Crippen molar-refractivity contribution in [3.05, 3.63) is 0 Å². The first-order valence-corrected chi connectivity index (χ1v) is 13.2. The predicted molar refractivity (Wildman–Crippen MR) is 121 cm³/mol. The zero-order valence-corrected chi connectivity index (χ0v) is 19.6. The Balaban J connectivity index is 1.16. The monoisotopic (exact) mass is 404 g/mol. The molecule has 0 heterocycles. The van der Waals surface area contributed by atoms with Crippen molar-refractivity contribution in [1.29, 1.82) is 0 Å². The summed E-state index contributed by atoms with van der Waals surface area (Å²) in [4.78, 5) is 0. The van der Waals surface area contributed by atoms with Crippen LogP contribution >= 0.6 is 0 Å². The van der Waals surface area contributed by atoms with Gasteiger partial charge >= 0.3 is 0 Å². The average Bonchev–Trinajstić information content (AvgIpc) is 3.15. The van der Waals surface area contributed by atoms with Gasteiger partial charge in [-0.15, -0.1) is 0 Å². The van der Waals surface area contributed by atoms with Crippen molar-refractivity contribution >= 4 is 0 Å². The van der Waals surface area contributed by atoms with Crippen LogP contribution in [-0.4, -0.2) is 26.9 Å². The lowest BCUT2D eigenvalue weighted by molar-refractivity contribution is 0.00947. The van der Waals surface area contributed by atoms with Crippen LogP contribution in [0.2, 0.25) is 0 Å². The summed E-state index contributed by atoms with van der Waals surface area (Å²) in [5.41, 5.74) is 0. The van der Waals surface area contributed by atoms with Gasteiger partial charge in [0, 0.05) is 26.9 Å². The van der Waals surface area contributed by atoms with Crippen LogP contribution < -0.4 is 0 Å². The zero-order valence-electron chi connectivity index (χ0n) is 19.6. The molecule has 2 nitrogen and oxygen atoms in total. The molecular formula is C27H48O2. The van der Waals surface area contributed by atoms with Gasteiger partial charge in [0.2, 0.25) is 0 Å². The molecule has 4 fully saturated rings.